The Morgan fingerprint density at radius 2 is 1.95 bits per heavy atom. The number of nitrogens with one attached hydrogen (secondary N) is 2. The number of halogens is 1. The van der Waals surface area contributed by atoms with E-state index < -0.39 is 0 Å². The fourth-order valence-electron chi connectivity index (χ4n) is 2.46. The molecule has 2 N–H and O–H groups in total. The van der Waals surface area contributed by atoms with E-state index in [9.17, 15) is 4.79 Å². The SMILES string of the molecule is Cc1c[nH]cc1C(=O)NCC(CN(C)C)c1ccc(Cl)cc1. The smallest absolute Gasteiger partial charge is 0.253 e. The number of aryl methyl sites for hydroxylation is 1. The van der Waals surface area contributed by atoms with Crippen LogP contribution < -0.4 is 5.32 Å². The molecule has 2 rings (SSSR count). The van der Waals surface area contributed by atoms with Crippen molar-refractivity contribution in [2.24, 2.45) is 0 Å². The van der Waals surface area contributed by atoms with Crippen molar-refractivity contribution in [2.75, 3.05) is 27.2 Å². The molecule has 2 aromatic rings. The second kappa shape index (κ2) is 7.47. The van der Waals surface area contributed by atoms with Crippen molar-refractivity contribution in [1.29, 1.82) is 0 Å². The van der Waals surface area contributed by atoms with Gasteiger partial charge in [-0.05, 0) is 44.3 Å². The number of aromatic nitrogens is 1. The number of amides is 1. The van der Waals surface area contributed by atoms with E-state index in [0.717, 1.165) is 17.1 Å². The highest BCUT2D eigenvalue weighted by molar-refractivity contribution is 6.30. The second-order valence-electron chi connectivity index (χ2n) is 5.77. The summed E-state index contributed by atoms with van der Waals surface area (Å²) in [6.45, 7) is 3.36. The van der Waals surface area contributed by atoms with Crippen molar-refractivity contribution < 1.29 is 4.79 Å². The van der Waals surface area contributed by atoms with Gasteiger partial charge < -0.3 is 15.2 Å². The topological polar surface area (TPSA) is 48.1 Å². The lowest BCUT2D eigenvalue weighted by Gasteiger charge is -2.22. The Morgan fingerprint density at radius 1 is 1.27 bits per heavy atom. The van der Waals surface area contributed by atoms with Gasteiger partial charge in [0.05, 0.1) is 5.56 Å². The summed E-state index contributed by atoms with van der Waals surface area (Å²) in [5, 5.41) is 3.75. The van der Waals surface area contributed by atoms with Gasteiger partial charge in [0.15, 0.2) is 0 Å². The van der Waals surface area contributed by atoms with Gasteiger partial charge in [0.2, 0.25) is 0 Å². The predicted molar refractivity (Wildman–Crippen MR) is 90.6 cm³/mol. The lowest BCUT2D eigenvalue weighted by atomic mass is 9.98. The molecule has 0 aliphatic rings. The minimum absolute atomic E-state index is 0.0449. The van der Waals surface area contributed by atoms with Crippen LogP contribution in [0.15, 0.2) is 36.7 Å². The summed E-state index contributed by atoms with van der Waals surface area (Å²) < 4.78 is 0. The number of likely N-dealkylation sites (N-methyl/N-ethyl adjacent to an activating group) is 1. The average molecular weight is 320 g/mol. The lowest BCUT2D eigenvalue weighted by molar-refractivity contribution is 0.0949. The number of rotatable bonds is 6. The molecule has 0 spiro atoms. The van der Waals surface area contributed by atoms with E-state index in [4.69, 9.17) is 11.6 Å². The van der Waals surface area contributed by atoms with E-state index in [2.05, 4.69) is 15.2 Å². The molecule has 0 saturated heterocycles. The third-order valence-electron chi connectivity index (χ3n) is 3.63. The maximum absolute atomic E-state index is 12.2. The highest BCUT2D eigenvalue weighted by Crippen LogP contribution is 2.19. The summed E-state index contributed by atoms with van der Waals surface area (Å²) in [6.07, 6.45) is 3.55. The van der Waals surface area contributed by atoms with Crippen molar-refractivity contribution in [3.8, 4) is 0 Å². The van der Waals surface area contributed by atoms with Crippen LogP contribution >= 0.6 is 11.6 Å². The summed E-state index contributed by atoms with van der Waals surface area (Å²) in [7, 11) is 4.06. The molecule has 0 bridgehead atoms. The van der Waals surface area contributed by atoms with Gasteiger partial charge in [-0.3, -0.25) is 4.79 Å². The third kappa shape index (κ3) is 4.36. The minimum atomic E-state index is -0.0449. The molecule has 1 unspecified atom stereocenters. The Kier molecular flexibility index (Phi) is 5.63. The van der Waals surface area contributed by atoms with Gasteiger partial charge in [-0.25, -0.2) is 0 Å². The van der Waals surface area contributed by atoms with Gasteiger partial charge in [-0.1, -0.05) is 23.7 Å². The molecule has 1 amide bonds. The summed E-state index contributed by atoms with van der Waals surface area (Å²) in [6, 6.07) is 7.81. The second-order valence-corrected chi connectivity index (χ2v) is 6.21. The fraction of sp³-hybridized carbons (Fsp3) is 0.353. The number of benzene rings is 1. The van der Waals surface area contributed by atoms with E-state index in [-0.39, 0.29) is 11.8 Å². The maximum Gasteiger partial charge on any atom is 0.253 e. The van der Waals surface area contributed by atoms with Crippen LogP contribution in [-0.4, -0.2) is 43.0 Å². The monoisotopic (exact) mass is 319 g/mol. The molecule has 1 aromatic carbocycles. The number of hydrogen-bond donors (Lipinski definition) is 2. The van der Waals surface area contributed by atoms with Crippen molar-refractivity contribution >= 4 is 17.5 Å². The number of carbonyl (C=O) groups excluding carboxylic acids is 1. The molecule has 0 aliphatic heterocycles. The number of nitrogens with zero attached hydrogens (tertiary/aromatic N) is 1. The largest absolute Gasteiger partial charge is 0.367 e. The van der Waals surface area contributed by atoms with Gasteiger partial charge in [0.1, 0.15) is 0 Å². The van der Waals surface area contributed by atoms with E-state index in [1.807, 2.05) is 51.5 Å². The van der Waals surface area contributed by atoms with E-state index in [1.54, 1.807) is 6.20 Å². The van der Waals surface area contributed by atoms with Crippen LogP contribution in [0.1, 0.15) is 27.4 Å². The summed E-state index contributed by atoms with van der Waals surface area (Å²) in [5.41, 5.74) is 2.82. The molecule has 118 valence electrons. The highest BCUT2D eigenvalue weighted by Gasteiger charge is 2.16. The highest BCUT2D eigenvalue weighted by atomic mass is 35.5. The van der Waals surface area contributed by atoms with Crippen LogP contribution in [-0.2, 0) is 0 Å². The van der Waals surface area contributed by atoms with Gasteiger partial charge in [-0.15, -0.1) is 0 Å². The first kappa shape index (κ1) is 16.6. The molecule has 5 heteroatoms. The van der Waals surface area contributed by atoms with Gasteiger partial charge >= 0.3 is 0 Å². The normalized spacial score (nSPS) is 12.4. The van der Waals surface area contributed by atoms with E-state index in [0.29, 0.717) is 12.1 Å². The molecular weight excluding hydrogens is 298 g/mol. The van der Waals surface area contributed by atoms with E-state index in [1.165, 1.54) is 5.56 Å². The lowest BCUT2D eigenvalue weighted by Crippen LogP contribution is -2.33. The zero-order valence-corrected chi connectivity index (χ0v) is 13.9. The van der Waals surface area contributed by atoms with Gasteiger partial charge in [0, 0.05) is 36.4 Å². The van der Waals surface area contributed by atoms with Crippen LogP contribution in [0.3, 0.4) is 0 Å². The number of hydrogen-bond acceptors (Lipinski definition) is 2. The maximum atomic E-state index is 12.2. The Hall–Kier alpha value is -1.78. The minimum Gasteiger partial charge on any atom is -0.367 e. The molecule has 0 aliphatic carbocycles. The Morgan fingerprint density at radius 3 is 2.50 bits per heavy atom. The molecule has 22 heavy (non-hydrogen) atoms. The van der Waals surface area contributed by atoms with Crippen LogP contribution in [0.2, 0.25) is 5.02 Å². The standard InChI is InChI=1S/C17H22ClN3O/c1-12-8-19-10-16(12)17(22)20-9-14(11-21(2)3)13-4-6-15(18)7-5-13/h4-8,10,14,19H,9,11H2,1-3H3,(H,20,22). The molecule has 4 nitrogen and oxygen atoms in total. The van der Waals surface area contributed by atoms with Crippen LogP contribution in [0.5, 0.6) is 0 Å². The zero-order chi connectivity index (χ0) is 16.1. The first-order valence-corrected chi connectivity index (χ1v) is 7.67. The van der Waals surface area contributed by atoms with Crippen molar-refractivity contribution in [3.63, 3.8) is 0 Å². The van der Waals surface area contributed by atoms with Crippen LogP contribution in [0.4, 0.5) is 0 Å². The van der Waals surface area contributed by atoms with Crippen molar-refractivity contribution in [3.05, 3.63) is 58.4 Å². The molecular formula is C17H22ClN3O. The zero-order valence-electron chi connectivity index (χ0n) is 13.2. The van der Waals surface area contributed by atoms with Crippen LogP contribution in [0.25, 0.3) is 0 Å². The van der Waals surface area contributed by atoms with Gasteiger partial charge in [-0.2, -0.15) is 0 Å². The number of carbonyl (C=O) groups is 1. The third-order valence-corrected chi connectivity index (χ3v) is 3.88. The van der Waals surface area contributed by atoms with Crippen molar-refractivity contribution in [1.82, 2.24) is 15.2 Å². The first-order chi connectivity index (χ1) is 10.5. The fourth-order valence-corrected chi connectivity index (χ4v) is 2.59. The van der Waals surface area contributed by atoms with Crippen LogP contribution in [0, 0.1) is 6.92 Å². The van der Waals surface area contributed by atoms with Crippen molar-refractivity contribution in [2.45, 2.75) is 12.8 Å². The molecule has 0 saturated carbocycles. The predicted octanol–water partition coefficient (Wildman–Crippen LogP) is 3.05. The molecule has 1 atom stereocenters. The number of H-pyrrole nitrogens is 1. The molecule has 1 aromatic heterocycles. The number of aromatic amines is 1. The Labute approximate surface area is 136 Å². The quantitative estimate of drug-likeness (QED) is 0.859. The summed E-state index contributed by atoms with van der Waals surface area (Å²) in [4.78, 5) is 17.3. The average Bonchev–Trinajstić information content (AvgIpc) is 2.90. The Bertz CT molecular complexity index is 619. The summed E-state index contributed by atoms with van der Waals surface area (Å²) >= 11 is 5.95. The van der Waals surface area contributed by atoms with Gasteiger partial charge in [0.25, 0.3) is 5.91 Å². The molecule has 1 heterocycles. The summed E-state index contributed by atoms with van der Waals surface area (Å²) in [5.74, 6) is 0.173. The van der Waals surface area contributed by atoms with E-state index >= 15 is 0 Å². The molecule has 0 radical (unpaired) electrons. The Balaban J connectivity index is 2.05. The first-order valence-electron chi connectivity index (χ1n) is 7.29. The molecule has 0 fully saturated rings.